The van der Waals surface area contributed by atoms with E-state index in [4.69, 9.17) is 5.26 Å². The monoisotopic (exact) mass is 233 g/mol. The fourth-order valence-electron chi connectivity index (χ4n) is 1.68. The van der Waals surface area contributed by atoms with Crippen molar-refractivity contribution in [3.8, 4) is 6.07 Å². The average Bonchev–Trinajstić information content (AvgIpc) is 2.87. The van der Waals surface area contributed by atoms with Crippen molar-refractivity contribution in [2.24, 2.45) is 7.05 Å². The first kappa shape index (κ1) is 11.1. The van der Waals surface area contributed by atoms with Crippen LogP contribution < -0.4 is 10.6 Å². The molecule has 0 radical (unpaired) electrons. The van der Waals surface area contributed by atoms with Gasteiger partial charge in [-0.25, -0.2) is 0 Å². The van der Waals surface area contributed by atoms with Gasteiger partial charge in [0.2, 0.25) is 11.8 Å². The van der Waals surface area contributed by atoms with E-state index in [1.165, 1.54) is 10.9 Å². The van der Waals surface area contributed by atoms with Gasteiger partial charge in [0.1, 0.15) is 23.5 Å². The zero-order valence-electron chi connectivity index (χ0n) is 9.23. The van der Waals surface area contributed by atoms with Crippen molar-refractivity contribution in [1.82, 2.24) is 15.1 Å². The smallest absolute Gasteiger partial charge is 0.248 e. The minimum absolute atomic E-state index is 0.129. The molecule has 17 heavy (non-hydrogen) atoms. The molecule has 0 aromatic carbocycles. The normalized spacial score (nSPS) is 18.6. The van der Waals surface area contributed by atoms with Gasteiger partial charge < -0.3 is 10.6 Å². The summed E-state index contributed by atoms with van der Waals surface area (Å²) in [5.74, 6) is -0.106. The summed E-state index contributed by atoms with van der Waals surface area (Å²) >= 11 is 0. The van der Waals surface area contributed by atoms with Crippen LogP contribution in [0.2, 0.25) is 0 Å². The van der Waals surface area contributed by atoms with Gasteiger partial charge in [-0.3, -0.25) is 14.3 Å². The Labute approximate surface area is 97.4 Å². The molecule has 0 spiro atoms. The lowest BCUT2D eigenvalue weighted by Gasteiger charge is -2.11. The van der Waals surface area contributed by atoms with Crippen molar-refractivity contribution < 1.29 is 9.59 Å². The Balaban J connectivity index is 2.11. The zero-order valence-corrected chi connectivity index (χ0v) is 9.23. The summed E-state index contributed by atoms with van der Waals surface area (Å²) in [6.07, 6.45) is 2.21. The van der Waals surface area contributed by atoms with Crippen LogP contribution in [0.25, 0.3) is 0 Å². The number of amides is 2. The molecule has 2 amide bonds. The number of hydrogen-bond donors (Lipinski definition) is 2. The lowest BCUT2D eigenvalue weighted by atomic mass is 10.2. The molecule has 1 fully saturated rings. The summed E-state index contributed by atoms with van der Waals surface area (Å²) in [6.45, 7) is 0. The molecule has 1 aliphatic rings. The zero-order chi connectivity index (χ0) is 12.4. The highest BCUT2D eigenvalue weighted by Gasteiger charge is 2.28. The first-order valence-electron chi connectivity index (χ1n) is 5.14. The molecule has 1 saturated heterocycles. The number of aryl methyl sites for hydroxylation is 1. The molecule has 2 N–H and O–H groups in total. The van der Waals surface area contributed by atoms with E-state index in [2.05, 4.69) is 15.7 Å². The van der Waals surface area contributed by atoms with E-state index in [1.54, 1.807) is 7.05 Å². The van der Waals surface area contributed by atoms with E-state index in [-0.39, 0.29) is 11.8 Å². The van der Waals surface area contributed by atoms with Crippen molar-refractivity contribution in [2.45, 2.75) is 18.9 Å². The average molecular weight is 233 g/mol. The van der Waals surface area contributed by atoms with E-state index in [0.29, 0.717) is 24.2 Å². The molecule has 7 nitrogen and oxygen atoms in total. The van der Waals surface area contributed by atoms with Crippen LogP contribution in [-0.2, 0) is 16.6 Å². The lowest BCUT2D eigenvalue weighted by Crippen LogP contribution is -2.37. The molecule has 2 heterocycles. The van der Waals surface area contributed by atoms with Crippen LogP contribution in [-0.4, -0.2) is 27.6 Å². The maximum Gasteiger partial charge on any atom is 0.248 e. The topological polar surface area (TPSA) is 99.8 Å². The molecule has 0 saturated carbocycles. The predicted octanol–water partition coefficient (Wildman–Crippen LogP) is -0.491. The fraction of sp³-hybridized carbons (Fsp3) is 0.400. The second-order valence-electron chi connectivity index (χ2n) is 3.79. The molecular formula is C10H11N5O2. The number of nitrogens with one attached hydrogen (secondary N) is 2. The molecule has 1 aromatic rings. The van der Waals surface area contributed by atoms with Gasteiger partial charge >= 0.3 is 0 Å². The van der Waals surface area contributed by atoms with E-state index in [1.807, 2.05) is 6.07 Å². The predicted molar refractivity (Wildman–Crippen MR) is 57.7 cm³/mol. The second-order valence-corrected chi connectivity index (χ2v) is 3.79. The lowest BCUT2D eigenvalue weighted by molar-refractivity contribution is -0.122. The number of carbonyl (C=O) groups is 2. The van der Waals surface area contributed by atoms with Crippen LogP contribution in [0, 0.1) is 11.3 Å². The van der Waals surface area contributed by atoms with E-state index in [0.717, 1.165) is 0 Å². The number of nitriles is 1. The summed E-state index contributed by atoms with van der Waals surface area (Å²) in [6, 6.07) is 1.41. The van der Waals surface area contributed by atoms with Crippen molar-refractivity contribution >= 4 is 17.6 Å². The van der Waals surface area contributed by atoms with Crippen molar-refractivity contribution in [1.29, 1.82) is 5.26 Å². The second kappa shape index (κ2) is 4.25. The Morgan fingerprint density at radius 2 is 2.53 bits per heavy atom. The SMILES string of the molecule is Cn1ncc(C#N)c1NC(=O)C1CCC(=O)N1. The first-order chi connectivity index (χ1) is 8.11. The Kier molecular flexibility index (Phi) is 2.78. The quantitative estimate of drug-likeness (QED) is 0.719. The Morgan fingerprint density at radius 3 is 3.12 bits per heavy atom. The number of nitrogens with zero attached hydrogens (tertiary/aromatic N) is 3. The Bertz CT molecular complexity index is 513. The largest absolute Gasteiger partial charge is 0.344 e. The van der Waals surface area contributed by atoms with Gasteiger partial charge in [0.25, 0.3) is 0 Å². The molecule has 0 aliphatic carbocycles. The molecule has 88 valence electrons. The molecule has 1 atom stereocenters. The fourth-order valence-corrected chi connectivity index (χ4v) is 1.68. The molecule has 1 unspecified atom stereocenters. The molecule has 2 rings (SSSR count). The van der Waals surface area contributed by atoms with Crippen LogP contribution in [0.1, 0.15) is 18.4 Å². The van der Waals surface area contributed by atoms with Crippen molar-refractivity contribution in [2.75, 3.05) is 5.32 Å². The van der Waals surface area contributed by atoms with Crippen molar-refractivity contribution in [3.63, 3.8) is 0 Å². The summed E-state index contributed by atoms with van der Waals surface area (Å²) in [7, 11) is 1.63. The number of hydrogen-bond acceptors (Lipinski definition) is 4. The Morgan fingerprint density at radius 1 is 1.76 bits per heavy atom. The molecular weight excluding hydrogens is 222 g/mol. The van der Waals surface area contributed by atoms with Gasteiger partial charge in [-0.2, -0.15) is 10.4 Å². The summed E-state index contributed by atoms with van der Waals surface area (Å²) in [5, 5.41) is 17.9. The first-order valence-corrected chi connectivity index (χ1v) is 5.14. The highest BCUT2D eigenvalue weighted by atomic mass is 16.2. The van der Waals surface area contributed by atoms with E-state index >= 15 is 0 Å². The maximum absolute atomic E-state index is 11.8. The molecule has 0 bridgehead atoms. The van der Waals surface area contributed by atoms with Gasteiger partial charge in [0.15, 0.2) is 0 Å². The van der Waals surface area contributed by atoms with Crippen LogP contribution in [0.4, 0.5) is 5.82 Å². The third-order valence-electron chi connectivity index (χ3n) is 2.61. The minimum atomic E-state index is -0.524. The number of carbonyl (C=O) groups excluding carboxylic acids is 2. The third-order valence-corrected chi connectivity index (χ3v) is 2.61. The standard InChI is InChI=1S/C10H11N5O2/c1-15-9(6(4-11)5-12-15)14-10(17)7-2-3-8(16)13-7/h5,7H,2-3H2,1H3,(H,13,16)(H,14,17). The summed E-state index contributed by atoms with van der Waals surface area (Å²) in [5.41, 5.74) is 0.296. The van der Waals surface area contributed by atoms with E-state index in [9.17, 15) is 9.59 Å². The van der Waals surface area contributed by atoms with Gasteiger partial charge in [-0.05, 0) is 6.42 Å². The molecule has 1 aliphatic heterocycles. The number of aromatic nitrogens is 2. The minimum Gasteiger partial charge on any atom is -0.344 e. The third kappa shape index (κ3) is 2.10. The number of rotatable bonds is 2. The van der Waals surface area contributed by atoms with Crippen molar-refractivity contribution in [3.05, 3.63) is 11.8 Å². The van der Waals surface area contributed by atoms with Crippen LogP contribution in [0.3, 0.4) is 0 Å². The van der Waals surface area contributed by atoms with Gasteiger partial charge in [0, 0.05) is 13.5 Å². The summed E-state index contributed by atoms with van der Waals surface area (Å²) < 4.78 is 1.41. The van der Waals surface area contributed by atoms with E-state index < -0.39 is 6.04 Å². The maximum atomic E-state index is 11.8. The van der Waals surface area contributed by atoms with Gasteiger partial charge in [-0.15, -0.1) is 0 Å². The van der Waals surface area contributed by atoms with Crippen LogP contribution >= 0.6 is 0 Å². The molecule has 1 aromatic heterocycles. The van der Waals surface area contributed by atoms with Gasteiger partial charge in [-0.1, -0.05) is 0 Å². The van der Waals surface area contributed by atoms with Gasteiger partial charge in [0.05, 0.1) is 6.20 Å². The van der Waals surface area contributed by atoms with Crippen LogP contribution in [0.15, 0.2) is 6.20 Å². The number of anilines is 1. The highest BCUT2D eigenvalue weighted by Crippen LogP contribution is 2.14. The molecule has 7 heteroatoms. The summed E-state index contributed by atoms with van der Waals surface area (Å²) in [4.78, 5) is 22.8. The Hall–Kier alpha value is -2.36. The highest BCUT2D eigenvalue weighted by molar-refractivity contribution is 5.99. The van der Waals surface area contributed by atoms with Crippen LogP contribution in [0.5, 0.6) is 0 Å².